The Bertz CT molecular complexity index is 516. The Morgan fingerprint density at radius 2 is 2.00 bits per heavy atom. The number of hydrogen-bond donors (Lipinski definition) is 1. The van der Waals surface area contributed by atoms with E-state index in [0.29, 0.717) is 6.61 Å². The van der Waals surface area contributed by atoms with Crippen molar-refractivity contribution < 1.29 is 9.84 Å². The van der Waals surface area contributed by atoms with E-state index in [0.717, 1.165) is 16.9 Å². The van der Waals surface area contributed by atoms with Crippen molar-refractivity contribution >= 4 is 0 Å². The lowest BCUT2D eigenvalue weighted by molar-refractivity contribution is 0.129. The zero-order chi connectivity index (χ0) is 11.7. The number of benzene rings is 1. The number of rotatable bonds is 2. The van der Waals surface area contributed by atoms with Crippen LogP contribution in [0.25, 0.3) is 0 Å². The summed E-state index contributed by atoms with van der Waals surface area (Å²) in [6.07, 6.45) is 4.10. The fourth-order valence-electron chi connectivity index (χ4n) is 2.14. The molecule has 0 amide bonds. The highest BCUT2D eigenvalue weighted by Gasteiger charge is 2.31. The number of nitrogens with zero attached hydrogens (tertiary/aromatic N) is 2. The zero-order valence-corrected chi connectivity index (χ0v) is 9.15. The van der Waals surface area contributed by atoms with Crippen molar-refractivity contribution in [3.63, 3.8) is 0 Å². The monoisotopic (exact) mass is 228 g/mol. The molecule has 4 heteroatoms. The molecule has 86 valence electrons. The predicted octanol–water partition coefficient (Wildman–Crippen LogP) is 1.69. The molecular formula is C13H12N2O2. The van der Waals surface area contributed by atoms with Gasteiger partial charge in [0.25, 0.3) is 0 Å². The Kier molecular flexibility index (Phi) is 2.49. The topological polar surface area (TPSA) is 55.2 Å². The van der Waals surface area contributed by atoms with Crippen LogP contribution in [0.4, 0.5) is 0 Å². The van der Waals surface area contributed by atoms with Crippen LogP contribution in [-0.2, 0) is 0 Å². The second-order valence-electron chi connectivity index (χ2n) is 4.07. The maximum absolute atomic E-state index is 10.3. The van der Waals surface area contributed by atoms with E-state index in [9.17, 15) is 5.11 Å². The van der Waals surface area contributed by atoms with Gasteiger partial charge in [-0.2, -0.15) is 0 Å². The molecule has 3 rings (SSSR count). The van der Waals surface area contributed by atoms with Gasteiger partial charge < -0.3 is 9.84 Å². The van der Waals surface area contributed by atoms with Crippen molar-refractivity contribution in [3.8, 4) is 5.75 Å². The fraction of sp³-hybridized carbons (Fsp3) is 0.231. The smallest absolute Gasteiger partial charge is 0.123 e. The Balaban J connectivity index is 1.92. The molecule has 0 fully saturated rings. The summed E-state index contributed by atoms with van der Waals surface area (Å²) in [7, 11) is 0. The minimum absolute atomic E-state index is 0.0443. The molecule has 0 aliphatic carbocycles. The maximum atomic E-state index is 10.3. The molecule has 1 aliphatic heterocycles. The summed E-state index contributed by atoms with van der Waals surface area (Å²) in [6, 6.07) is 7.79. The van der Waals surface area contributed by atoms with Gasteiger partial charge in [-0.1, -0.05) is 18.2 Å². The van der Waals surface area contributed by atoms with E-state index in [4.69, 9.17) is 4.74 Å². The lowest BCUT2D eigenvalue weighted by Gasteiger charge is -2.16. The molecule has 2 unspecified atom stereocenters. The molecule has 17 heavy (non-hydrogen) atoms. The molecular weight excluding hydrogens is 216 g/mol. The lowest BCUT2D eigenvalue weighted by Crippen LogP contribution is -2.12. The molecule has 0 radical (unpaired) electrons. The molecule has 0 saturated carbocycles. The highest BCUT2D eigenvalue weighted by molar-refractivity contribution is 5.41. The van der Waals surface area contributed by atoms with Gasteiger partial charge in [-0.15, -0.1) is 0 Å². The number of aliphatic hydroxyl groups excluding tert-OH is 1. The van der Waals surface area contributed by atoms with Crippen LogP contribution in [0.2, 0.25) is 0 Å². The number of aliphatic hydroxyl groups is 1. The Hall–Kier alpha value is -1.94. The molecule has 0 spiro atoms. The minimum Gasteiger partial charge on any atom is -0.493 e. The van der Waals surface area contributed by atoms with E-state index in [2.05, 4.69) is 9.97 Å². The van der Waals surface area contributed by atoms with Gasteiger partial charge in [0.2, 0.25) is 0 Å². The first-order valence-electron chi connectivity index (χ1n) is 5.51. The van der Waals surface area contributed by atoms with E-state index in [1.54, 1.807) is 12.4 Å². The van der Waals surface area contributed by atoms with Gasteiger partial charge >= 0.3 is 0 Å². The highest BCUT2D eigenvalue weighted by atomic mass is 16.5. The van der Waals surface area contributed by atoms with Crippen LogP contribution in [0.15, 0.2) is 43.0 Å². The summed E-state index contributed by atoms with van der Waals surface area (Å²) >= 11 is 0. The molecule has 0 saturated heterocycles. The number of hydrogen-bond acceptors (Lipinski definition) is 4. The molecule has 1 N–H and O–H groups in total. The largest absolute Gasteiger partial charge is 0.493 e. The van der Waals surface area contributed by atoms with Gasteiger partial charge in [0.05, 0.1) is 18.6 Å². The Morgan fingerprint density at radius 3 is 2.82 bits per heavy atom. The maximum Gasteiger partial charge on any atom is 0.123 e. The highest BCUT2D eigenvalue weighted by Crippen LogP contribution is 2.40. The summed E-state index contributed by atoms with van der Waals surface area (Å²) in [5, 5.41) is 10.3. The van der Waals surface area contributed by atoms with E-state index in [1.165, 1.54) is 6.33 Å². The molecule has 1 aromatic carbocycles. The van der Waals surface area contributed by atoms with E-state index in [1.807, 2.05) is 24.3 Å². The quantitative estimate of drug-likeness (QED) is 0.849. The first-order chi connectivity index (χ1) is 8.36. The number of aromatic nitrogens is 2. The Morgan fingerprint density at radius 1 is 1.24 bits per heavy atom. The SMILES string of the molecule is OC(c1cncnc1)C1COc2ccccc21. The van der Waals surface area contributed by atoms with Crippen molar-refractivity contribution in [2.45, 2.75) is 12.0 Å². The summed E-state index contributed by atoms with van der Waals surface area (Å²) in [5.74, 6) is 0.811. The molecule has 1 aliphatic rings. The van der Waals surface area contributed by atoms with Crippen molar-refractivity contribution in [1.29, 1.82) is 0 Å². The van der Waals surface area contributed by atoms with Crippen LogP contribution in [0.1, 0.15) is 23.1 Å². The number of para-hydroxylation sites is 1. The van der Waals surface area contributed by atoms with E-state index >= 15 is 0 Å². The van der Waals surface area contributed by atoms with Crippen molar-refractivity contribution in [3.05, 3.63) is 54.1 Å². The van der Waals surface area contributed by atoms with Gasteiger partial charge in [-0.3, -0.25) is 0 Å². The second-order valence-corrected chi connectivity index (χ2v) is 4.07. The van der Waals surface area contributed by atoms with Crippen LogP contribution < -0.4 is 4.74 Å². The summed E-state index contributed by atoms with van der Waals surface area (Å²) in [5.41, 5.74) is 1.77. The van der Waals surface area contributed by atoms with E-state index < -0.39 is 6.10 Å². The van der Waals surface area contributed by atoms with Gasteiger partial charge in [0.15, 0.2) is 0 Å². The minimum atomic E-state index is -0.625. The summed E-state index contributed by atoms with van der Waals surface area (Å²) < 4.78 is 5.55. The third-order valence-corrected chi connectivity index (χ3v) is 3.04. The zero-order valence-electron chi connectivity index (χ0n) is 9.15. The summed E-state index contributed by atoms with van der Waals surface area (Å²) in [4.78, 5) is 7.84. The number of fused-ring (bicyclic) bond motifs is 1. The van der Waals surface area contributed by atoms with E-state index in [-0.39, 0.29) is 5.92 Å². The summed E-state index contributed by atoms with van der Waals surface area (Å²) in [6.45, 7) is 0.495. The van der Waals surface area contributed by atoms with Crippen LogP contribution in [0.5, 0.6) is 5.75 Å². The van der Waals surface area contributed by atoms with Crippen LogP contribution in [-0.4, -0.2) is 21.7 Å². The molecule has 2 aromatic rings. The van der Waals surface area contributed by atoms with Gasteiger partial charge in [-0.05, 0) is 6.07 Å². The van der Waals surface area contributed by atoms with Crippen LogP contribution >= 0.6 is 0 Å². The van der Waals surface area contributed by atoms with Crippen molar-refractivity contribution in [1.82, 2.24) is 9.97 Å². The average molecular weight is 228 g/mol. The number of ether oxygens (including phenoxy) is 1. The predicted molar refractivity (Wildman–Crippen MR) is 61.7 cm³/mol. The van der Waals surface area contributed by atoms with Gasteiger partial charge in [0, 0.05) is 23.5 Å². The van der Waals surface area contributed by atoms with Crippen molar-refractivity contribution in [2.75, 3.05) is 6.61 Å². The van der Waals surface area contributed by atoms with Gasteiger partial charge in [-0.25, -0.2) is 9.97 Å². The lowest BCUT2D eigenvalue weighted by atomic mass is 9.92. The first-order valence-corrected chi connectivity index (χ1v) is 5.51. The van der Waals surface area contributed by atoms with Gasteiger partial charge in [0.1, 0.15) is 12.1 Å². The Labute approximate surface area is 98.9 Å². The molecule has 4 nitrogen and oxygen atoms in total. The van der Waals surface area contributed by atoms with Crippen LogP contribution in [0, 0.1) is 0 Å². The second kappa shape index (κ2) is 4.14. The molecule has 2 atom stereocenters. The molecule has 0 bridgehead atoms. The normalized spacial score (nSPS) is 19.5. The standard InChI is InChI=1S/C13H12N2O2/c16-13(9-5-14-8-15-6-9)11-7-17-12-4-2-1-3-10(11)12/h1-6,8,11,13,16H,7H2. The third-order valence-electron chi connectivity index (χ3n) is 3.04. The fourth-order valence-corrected chi connectivity index (χ4v) is 2.14. The third kappa shape index (κ3) is 1.76. The van der Waals surface area contributed by atoms with Crippen LogP contribution in [0.3, 0.4) is 0 Å². The first kappa shape index (κ1) is 10.2. The van der Waals surface area contributed by atoms with Crippen molar-refractivity contribution in [2.24, 2.45) is 0 Å². The molecule has 1 aromatic heterocycles. The molecule has 2 heterocycles. The average Bonchev–Trinajstić information content (AvgIpc) is 2.83.